The minimum absolute atomic E-state index is 0.159. The van der Waals surface area contributed by atoms with E-state index in [1.165, 1.54) is 12.1 Å². The number of rotatable bonds is 4. The van der Waals surface area contributed by atoms with Gasteiger partial charge in [-0.1, -0.05) is 6.07 Å². The van der Waals surface area contributed by atoms with Gasteiger partial charge in [0.05, 0.1) is 5.52 Å². The number of carbonyl (C=O) groups is 1. The van der Waals surface area contributed by atoms with Crippen LogP contribution in [0.2, 0.25) is 0 Å². The highest BCUT2D eigenvalue weighted by Gasteiger charge is 2.08. The molecule has 0 radical (unpaired) electrons. The minimum Gasteiger partial charge on any atom is -0.322 e. The van der Waals surface area contributed by atoms with Crippen LogP contribution in [0.25, 0.3) is 10.9 Å². The fourth-order valence-electron chi connectivity index (χ4n) is 2.29. The lowest BCUT2D eigenvalue weighted by molar-refractivity contribution is -0.116. The average Bonchev–Trinajstić information content (AvgIpc) is 2.54. The van der Waals surface area contributed by atoms with Crippen molar-refractivity contribution in [3.8, 4) is 0 Å². The molecule has 0 atom stereocenters. The molecule has 0 aliphatic rings. The number of carbonyl (C=O) groups excluding carboxylic acids is 1. The number of anilines is 1. The first-order valence-electron chi connectivity index (χ1n) is 7.14. The second-order valence-corrected chi connectivity index (χ2v) is 5.12. The normalized spacial score (nSPS) is 10.7. The van der Waals surface area contributed by atoms with Crippen molar-refractivity contribution in [2.24, 2.45) is 0 Å². The van der Waals surface area contributed by atoms with Gasteiger partial charge in [0.25, 0.3) is 5.56 Å². The molecule has 0 spiro atoms. The van der Waals surface area contributed by atoms with Crippen LogP contribution in [0.5, 0.6) is 0 Å². The number of nitrogens with one attached hydrogen (secondary N) is 2. The maximum atomic E-state index is 13.1. The van der Waals surface area contributed by atoms with Gasteiger partial charge < -0.3 is 10.3 Å². The highest BCUT2D eigenvalue weighted by atomic mass is 19.1. The van der Waals surface area contributed by atoms with Crippen LogP contribution in [0.15, 0.2) is 53.5 Å². The van der Waals surface area contributed by atoms with Crippen LogP contribution in [0, 0.1) is 5.82 Å². The number of hydrogen-bond donors (Lipinski definition) is 2. The molecule has 5 nitrogen and oxygen atoms in total. The maximum Gasteiger partial charge on any atom is 0.251 e. The third-order valence-electron chi connectivity index (χ3n) is 3.44. The number of aromatic amines is 1. The molecule has 0 bridgehead atoms. The number of H-pyrrole nitrogens is 1. The molecular formula is C17H14FN3O2. The molecule has 2 N–H and O–H groups in total. The molecule has 0 aliphatic carbocycles. The van der Waals surface area contributed by atoms with Crippen molar-refractivity contribution in [1.82, 2.24) is 9.97 Å². The van der Waals surface area contributed by atoms with E-state index < -0.39 is 5.82 Å². The number of amides is 1. The third-order valence-corrected chi connectivity index (χ3v) is 3.44. The van der Waals surface area contributed by atoms with E-state index in [1.807, 2.05) is 0 Å². The Hall–Kier alpha value is -3.02. The topological polar surface area (TPSA) is 74.8 Å². The Morgan fingerprint density at radius 3 is 2.87 bits per heavy atom. The van der Waals surface area contributed by atoms with Gasteiger partial charge >= 0.3 is 0 Å². The predicted molar refractivity (Wildman–Crippen MR) is 85.7 cm³/mol. The second kappa shape index (κ2) is 6.39. The van der Waals surface area contributed by atoms with Crippen LogP contribution >= 0.6 is 0 Å². The summed E-state index contributed by atoms with van der Waals surface area (Å²) in [5, 5.41) is 3.39. The van der Waals surface area contributed by atoms with Gasteiger partial charge in [-0.25, -0.2) is 9.37 Å². The Bertz CT molecular complexity index is 907. The molecule has 2 heterocycles. The molecule has 3 aromatic rings. The number of nitrogens with zero attached hydrogens (tertiary/aromatic N) is 1. The van der Waals surface area contributed by atoms with Crippen molar-refractivity contribution < 1.29 is 9.18 Å². The van der Waals surface area contributed by atoms with Gasteiger partial charge in [0, 0.05) is 18.2 Å². The quantitative estimate of drug-likeness (QED) is 0.778. The average molecular weight is 311 g/mol. The molecule has 1 amide bonds. The summed E-state index contributed by atoms with van der Waals surface area (Å²) in [6.45, 7) is 0. The standard InChI is InChI=1S/C17H14FN3O2/c18-13-6-4-11-9-12(17(23)20-14(11)10-13)5-7-16(22)21-15-3-1-2-8-19-15/h1-4,6,8-10H,5,7H2,(H,20,23)(H,19,21,22). The summed E-state index contributed by atoms with van der Waals surface area (Å²) < 4.78 is 13.1. The van der Waals surface area contributed by atoms with Crippen LogP contribution in [0.1, 0.15) is 12.0 Å². The van der Waals surface area contributed by atoms with Gasteiger partial charge in [0.1, 0.15) is 11.6 Å². The van der Waals surface area contributed by atoms with Crippen LogP contribution in [-0.4, -0.2) is 15.9 Å². The Kier molecular flexibility index (Phi) is 4.14. The molecule has 3 rings (SSSR count). The summed E-state index contributed by atoms with van der Waals surface area (Å²) in [7, 11) is 0. The Morgan fingerprint density at radius 2 is 2.09 bits per heavy atom. The van der Waals surface area contributed by atoms with Crippen molar-refractivity contribution >= 4 is 22.6 Å². The van der Waals surface area contributed by atoms with E-state index >= 15 is 0 Å². The molecule has 116 valence electrons. The highest BCUT2D eigenvalue weighted by molar-refractivity contribution is 5.89. The van der Waals surface area contributed by atoms with Gasteiger partial charge in [-0.2, -0.15) is 0 Å². The van der Waals surface area contributed by atoms with Crippen molar-refractivity contribution in [1.29, 1.82) is 0 Å². The molecule has 2 aromatic heterocycles. The lowest BCUT2D eigenvalue weighted by atomic mass is 10.1. The van der Waals surface area contributed by atoms with E-state index in [0.29, 0.717) is 23.3 Å². The Morgan fingerprint density at radius 1 is 1.22 bits per heavy atom. The SMILES string of the molecule is O=C(CCc1cc2ccc(F)cc2[nH]c1=O)Nc1ccccn1. The second-order valence-electron chi connectivity index (χ2n) is 5.12. The summed E-state index contributed by atoms with van der Waals surface area (Å²) in [6.07, 6.45) is 2.04. The first-order chi connectivity index (χ1) is 11.1. The summed E-state index contributed by atoms with van der Waals surface area (Å²) in [4.78, 5) is 30.5. The molecule has 0 unspecified atom stereocenters. The number of pyridine rings is 2. The fourth-order valence-corrected chi connectivity index (χ4v) is 2.29. The first kappa shape index (κ1) is 14.9. The Labute approximate surface area is 131 Å². The summed E-state index contributed by atoms with van der Waals surface area (Å²) >= 11 is 0. The van der Waals surface area contributed by atoms with Gasteiger partial charge in [-0.3, -0.25) is 9.59 Å². The zero-order valence-electron chi connectivity index (χ0n) is 12.2. The van der Waals surface area contributed by atoms with Gasteiger partial charge in [0.2, 0.25) is 5.91 Å². The predicted octanol–water partition coefficient (Wildman–Crippen LogP) is 2.63. The van der Waals surface area contributed by atoms with Crippen molar-refractivity contribution in [3.63, 3.8) is 0 Å². The van der Waals surface area contributed by atoms with Crippen LogP contribution in [0.4, 0.5) is 10.2 Å². The number of hydrogen-bond acceptors (Lipinski definition) is 3. The Balaban J connectivity index is 1.71. The lowest BCUT2D eigenvalue weighted by Gasteiger charge is -2.05. The molecule has 0 saturated heterocycles. The number of aryl methyl sites for hydroxylation is 1. The summed E-state index contributed by atoms with van der Waals surface area (Å²) in [5.41, 5.74) is 0.616. The first-order valence-corrected chi connectivity index (χ1v) is 7.14. The third kappa shape index (κ3) is 3.60. The number of benzene rings is 1. The number of fused-ring (bicyclic) bond motifs is 1. The summed E-state index contributed by atoms with van der Waals surface area (Å²) in [6, 6.07) is 11.1. The number of aromatic nitrogens is 2. The van der Waals surface area contributed by atoms with Crippen molar-refractivity contribution in [3.05, 3.63) is 70.4 Å². The zero-order valence-corrected chi connectivity index (χ0v) is 12.2. The number of halogens is 1. The maximum absolute atomic E-state index is 13.1. The van der Waals surface area contributed by atoms with Crippen LogP contribution < -0.4 is 10.9 Å². The van der Waals surface area contributed by atoms with Crippen molar-refractivity contribution in [2.75, 3.05) is 5.32 Å². The molecular weight excluding hydrogens is 297 g/mol. The largest absolute Gasteiger partial charge is 0.322 e. The summed E-state index contributed by atoms with van der Waals surface area (Å²) in [5.74, 6) is -0.154. The fraction of sp³-hybridized carbons (Fsp3) is 0.118. The molecule has 23 heavy (non-hydrogen) atoms. The van der Waals surface area contributed by atoms with E-state index in [2.05, 4.69) is 15.3 Å². The lowest BCUT2D eigenvalue weighted by Crippen LogP contribution is -2.17. The van der Waals surface area contributed by atoms with E-state index in [0.717, 1.165) is 5.39 Å². The van der Waals surface area contributed by atoms with E-state index in [1.54, 1.807) is 36.5 Å². The van der Waals surface area contributed by atoms with Crippen molar-refractivity contribution in [2.45, 2.75) is 12.8 Å². The van der Waals surface area contributed by atoms with Gasteiger partial charge in [-0.05, 0) is 48.2 Å². The minimum atomic E-state index is -0.407. The van der Waals surface area contributed by atoms with E-state index in [4.69, 9.17) is 0 Å². The smallest absolute Gasteiger partial charge is 0.251 e. The van der Waals surface area contributed by atoms with Gasteiger partial charge in [-0.15, -0.1) is 0 Å². The molecule has 1 aromatic carbocycles. The molecule has 0 aliphatic heterocycles. The van der Waals surface area contributed by atoms with Crippen LogP contribution in [0.3, 0.4) is 0 Å². The molecule has 0 fully saturated rings. The monoisotopic (exact) mass is 311 g/mol. The van der Waals surface area contributed by atoms with Gasteiger partial charge in [0.15, 0.2) is 0 Å². The molecule has 0 saturated carbocycles. The highest BCUT2D eigenvalue weighted by Crippen LogP contribution is 2.13. The van der Waals surface area contributed by atoms with E-state index in [9.17, 15) is 14.0 Å². The van der Waals surface area contributed by atoms with E-state index in [-0.39, 0.29) is 17.9 Å². The zero-order chi connectivity index (χ0) is 16.2. The van der Waals surface area contributed by atoms with Crippen LogP contribution in [-0.2, 0) is 11.2 Å². The molecule has 6 heteroatoms.